The lowest BCUT2D eigenvalue weighted by molar-refractivity contribution is 0.0159. The van der Waals surface area contributed by atoms with Gasteiger partial charge < -0.3 is 15.5 Å². The molecule has 0 saturated carbocycles. The van der Waals surface area contributed by atoms with E-state index in [1.807, 2.05) is 13.8 Å². The molecule has 0 bridgehead atoms. The van der Waals surface area contributed by atoms with E-state index in [0.717, 1.165) is 5.69 Å². The van der Waals surface area contributed by atoms with E-state index in [9.17, 15) is 0 Å². The van der Waals surface area contributed by atoms with Crippen LogP contribution in [0.15, 0.2) is 6.20 Å². The standard InChI is InChI=1S/C7H13N3O/c1-7(2,11-3)5-4-9-6(8)10-5/h4H,1-3H3,(H3,8,9,10). The van der Waals surface area contributed by atoms with Crippen molar-refractivity contribution in [1.29, 1.82) is 0 Å². The molecule has 0 atom stereocenters. The first-order valence-electron chi connectivity index (χ1n) is 3.42. The number of ether oxygens (including phenoxy) is 1. The molecule has 0 amide bonds. The van der Waals surface area contributed by atoms with E-state index < -0.39 is 0 Å². The van der Waals surface area contributed by atoms with Gasteiger partial charge in [0, 0.05) is 7.11 Å². The van der Waals surface area contributed by atoms with Crippen LogP contribution in [0.4, 0.5) is 5.95 Å². The predicted molar refractivity (Wildman–Crippen MR) is 43.0 cm³/mol. The zero-order valence-electron chi connectivity index (χ0n) is 7.01. The van der Waals surface area contributed by atoms with Gasteiger partial charge in [0.2, 0.25) is 0 Å². The molecule has 1 aromatic rings. The SMILES string of the molecule is COC(C)(C)c1cnc(N)[nH]1. The van der Waals surface area contributed by atoms with Crippen LogP contribution in [0.5, 0.6) is 0 Å². The summed E-state index contributed by atoms with van der Waals surface area (Å²) in [5, 5.41) is 0. The summed E-state index contributed by atoms with van der Waals surface area (Å²) in [6, 6.07) is 0. The highest BCUT2D eigenvalue weighted by atomic mass is 16.5. The Morgan fingerprint density at radius 3 is 2.64 bits per heavy atom. The molecule has 0 aliphatic carbocycles. The minimum absolute atomic E-state index is 0.343. The minimum atomic E-state index is -0.343. The third-order valence-electron chi connectivity index (χ3n) is 1.75. The number of anilines is 1. The fourth-order valence-electron chi connectivity index (χ4n) is 0.753. The summed E-state index contributed by atoms with van der Waals surface area (Å²) in [5.74, 6) is 0.421. The van der Waals surface area contributed by atoms with E-state index >= 15 is 0 Å². The van der Waals surface area contributed by atoms with Gasteiger partial charge in [-0.15, -0.1) is 0 Å². The fraction of sp³-hybridized carbons (Fsp3) is 0.571. The van der Waals surface area contributed by atoms with Gasteiger partial charge in [-0.2, -0.15) is 0 Å². The molecule has 4 heteroatoms. The number of aromatic nitrogens is 2. The monoisotopic (exact) mass is 155 g/mol. The van der Waals surface area contributed by atoms with Gasteiger partial charge in [-0.3, -0.25) is 0 Å². The summed E-state index contributed by atoms with van der Waals surface area (Å²) in [5.41, 5.74) is 5.95. The molecular formula is C7H13N3O. The third kappa shape index (κ3) is 1.51. The summed E-state index contributed by atoms with van der Waals surface area (Å²) in [6.07, 6.45) is 1.68. The first-order chi connectivity index (χ1) is 5.06. The highest BCUT2D eigenvalue weighted by molar-refractivity contribution is 5.21. The summed E-state index contributed by atoms with van der Waals surface area (Å²) < 4.78 is 5.21. The largest absolute Gasteiger partial charge is 0.373 e. The van der Waals surface area contributed by atoms with E-state index in [1.54, 1.807) is 13.3 Å². The van der Waals surface area contributed by atoms with Crippen LogP contribution in [0, 0.1) is 0 Å². The lowest BCUT2D eigenvalue weighted by Crippen LogP contribution is -2.19. The van der Waals surface area contributed by atoms with Gasteiger partial charge in [-0.05, 0) is 13.8 Å². The number of nitrogen functional groups attached to an aromatic ring is 1. The Bertz CT molecular complexity index is 242. The maximum Gasteiger partial charge on any atom is 0.197 e. The fourth-order valence-corrected chi connectivity index (χ4v) is 0.753. The second-order valence-electron chi connectivity index (χ2n) is 2.90. The Labute approximate surface area is 65.8 Å². The smallest absolute Gasteiger partial charge is 0.197 e. The number of hydrogen-bond acceptors (Lipinski definition) is 3. The maximum atomic E-state index is 5.41. The van der Waals surface area contributed by atoms with Crippen LogP contribution in [0.25, 0.3) is 0 Å². The van der Waals surface area contributed by atoms with Crippen molar-refractivity contribution < 1.29 is 4.74 Å². The molecule has 11 heavy (non-hydrogen) atoms. The zero-order valence-corrected chi connectivity index (χ0v) is 7.01. The molecule has 1 heterocycles. The summed E-state index contributed by atoms with van der Waals surface area (Å²) >= 11 is 0. The Balaban J connectivity index is 2.92. The van der Waals surface area contributed by atoms with E-state index in [2.05, 4.69) is 9.97 Å². The molecule has 3 N–H and O–H groups in total. The third-order valence-corrected chi connectivity index (χ3v) is 1.75. The van der Waals surface area contributed by atoms with Crippen LogP contribution >= 0.6 is 0 Å². The second kappa shape index (κ2) is 2.54. The van der Waals surface area contributed by atoms with Crippen LogP contribution in [0.2, 0.25) is 0 Å². The highest BCUT2D eigenvalue weighted by Crippen LogP contribution is 2.21. The molecule has 0 unspecified atom stereocenters. The molecule has 0 fully saturated rings. The number of aromatic amines is 1. The average molecular weight is 155 g/mol. The van der Waals surface area contributed by atoms with Gasteiger partial charge in [-0.25, -0.2) is 4.98 Å². The molecule has 4 nitrogen and oxygen atoms in total. The van der Waals surface area contributed by atoms with Crippen molar-refractivity contribution in [2.24, 2.45) is 0 Å². The van der Waals surface area contributed by atoms with Crippen LogP contribution in [-0.2, 0) is 10.3 Å². The second-order valence-corrected chi connectivity index (χ2v) is 2.90. The predicted octanol–water partition coefficient (Wildman–Crippen LogP) is 0.873. The van der Waals surface area contributed by atoms with Crippen molar-refractivity contribution in [3.8, 4) is 0 Å². The normalized spacial score (nSPS) is 11.9. The van der Waals surface area contributed by atoms with Crippen molar-refractivity contribution in [3.63, 3.8) is 0 Å². The maximum absolute atomic E-state index is 5.41. The van der Waals surface area contributed by atoms with E-state index in [-0.39, 0.29) is 5.60 Å². The van der Waals surface area contributed by atoms with Crippen molar-refractivity contribution in [1.82, 2.24) is 9.97 Å². The Hall–Kier alpha value is -1.03. The van der Waals surface area contributed by atoms with Gasteiger partial charge in [0.1, 0.15) is 5.60 Å². The average Bonchev–Trinajstić information content (AvgIpc) is 2.36. The summed E-state index contributed by atoms with van der Waals surface area (Å²) in [4.78, 5) is 6.78. The molecule has 0 spiro atoms. The highest BCUT2D eigenvalue weighted by Gasteiger charge is 2.21. The van der Waals surface area contributed by atoms with Gasteiger partial charge in [0.15, 0.2) is 5.95 Å². The molecule has 0 saturated heterocycles. The van der Waals surface area contributed by atoms with Crippen molar-refractivity contribution in [2.45, 2.75) is 19.4 Å². The summed E-state index contributed by atoms with van der Waals surface area (Å²) in [6.45, 7) is 3.89. The number of methoxy groups -OCH3 is 1. The van der Waals surface area contributed by atoms with Crippen molar-refractivity contribution in [2.75, 3.05) is 12.8 Å². The number of nitrogens with zero attached hydrogens (tertiary/aromatic N) is 1. The molecule has 0 aliphatic rings. The molecule has 62 valence electrons. The molecule has 0 radical (unpaired) electrons. The number of hydrogen-bond donors (Lipinski definition) is 2. The molecular weight excluding hydrogens is 142 g/mol. The first kappa shape index (κ1) is 8.07. The van der Waals surface area contributed by atoms with Crippen molar-refractivity contribution in [3.05, 3.63) is 11.9 Å². The lowest BCUT2D eigenvalue weighted by atomic mass is 10.1. The van der Waals surface area contributed by atoms with Crippen LogP contribution < -0.4 is 5.73 Å². The van der Waals surface area contributed by atoms with Gasteiger partial charge in [0.05, 0.1) is 11.9 Å². The van der Waals surface area contributed by atoms with Crippen molar-refractivity contribution >= 4 is 5.95 Å². The van der Waals surface area contributed by atoms with E-state index in [0.29, 0.717) is 5.95 Å². The number of rotatable bonds is 2. The number of imidazole rings is 1. The van der Waals surface area contributed by atoms with E-state index in [1.165, 1.54) is 0 Å². The first-order valence-corrected chi connectivity index (χ1v) is 3.42. The Morgan fingerprint density at radius 1 is 1.64 bits per heavy atom. The van der Waals surface area contributed by atoms with Crippen LogP contribution in [0.1, 0.15) is 19.5 Å². The van der Waals surface area contributed by atoms with Crippen LogP contribution in [0.3, 0.4) is 0 Å². The Morgan fingerprint density at radius 2 is 2.27 bits per heavy atom. The van der Waals surface area contributed by atoms with Gasteiger partial charge in [-0.1, -0.05) is 0 Å². The van der Waals surface area contributed by atoms with Gasteiger partial charge >= 0.3 is 0 Å². The minimum Gasteiger partial charge on any atom is -0.373 e. The molecule has 0 aromatic carbocycles. The molecule has 0 aliphatic heterocycles. The number of H-pyrrole nitrogens is 1. The lowest BCUT2D eigenvalue weighted by Gasteiger charge is -2.20. The Kier molecular flexibility index (Phi) is 1.87. The quantitative estimate of drug-likeness (QED) is 0.666. The topological polar surface area (TPSA) is 63.9 Å². The summed E-state index contributed by atoms with van der Waals surface area (Å²) in [7, 11) is 1.65. The van der Waals surface area contributed by atoms with E-state index in [4.69, 9.17) is 10.5 Å². The van der Waals surface area contributed by atoms with Gasteiger partial charge in [0.25, 0.3) is 0 Å². The number of nitrogens with one attached hydrogen (secondary N) is 1. The molecule has 1 aromatic heterocycles. The number of nitrogens with two attached hydrogens (primary N) is 1. The molecule has 1 rings (SSSR count). The zero-order chi connectivity index (χ0) is 8.48. The van der Waals surface area contributed by atoms with Crippen LogP contribution in [-0.4, -0.2) is 17.1 Å².